The lowest BCUT2D eigenvalue weighted by Gasteiger charge is -2.01. The van der Waals surface area contributed by atoms with E-state index in [2.05, 4.69) is 15.6 Å². The third kappa shape index (κ3) is 3.83. The summed E-state index contributed by atoms with van der Waals surface area (Å²) >= 11 is 0.946. The molecule has 0 atom stereocenters. The van der Waals surface area contributed by atoms with E-state index in [1.807, 2.05) is 0 Å². The van der Waals surface area contributed by atoms with Crippen molar-refractivity contribution in [3.05, 3.63) is 16.1 Å². The van der Waals surface area contributed by atoms with Crippen molar-refractivity contribution in [3.63, 3.8) is 0 Å². The maximum absolute atomic E-state index is 11.5. The molecule has 7 nitrogen and oxygen atoms in total. The van der Waals surface area contributed by atoms with Gasteiger partial charge in [0.05, 0.1) is 0 Å². The number of amides is 2. The molecule has 0 bridgehead atoms. The highest BCUT2D eigenvalue weighted by Crippen LogP contribution is 2.09. The van der Waals surface area contributed by atoms with E-state index in [-0.39, 0.29) is 29.6 Å². The summed E-state index contributed by atoms with van der Waals surface area (Å²) < 4.78 is 0. The molecule has 0 saturated carbocycles. The average molecular weight is 257 g/mol. The highest BCUT2D eigenvalue weighted by molar-refractivity contribution is 7.11. The second-order valence-electron chi connectivity index (χ2n) is 3.02. The molecular weight excluding hydrogens is 246 g/mol. The van der Waals surface area contributed by atoms with Crippen LogP contribution in [0.4, 0.5) is 0 Å². The minimum absolute atomic E-state index is 0.0688. The van der Waals surface area contributed by atoms with Crippen molar-refractivity contribution in [2.24, 2.45) is 0 Å². The zero-order valence-corrected chi connectivity index (χ0v) is 9.84. The smallest absolute Gasteiger partial charge is 0.355 e. The van der Waals surface area contributed by atoms with Gasteiger partial charge in [-0.15, -0.1) is 11.3 Å². The van der Waals surface area contributed by atoms with Gasteiger partial charge in [-0.2, -0.15) is 0 Å². The van der Waals surface area contributed by atoms with Crippen molar-refractivity contribution in [1.82, 2.24) is 15.6 Å². The van der Waals surface area contributed by atoms with Crippen molar-refractivity contribution in [1.29, 1.82) is 0 Å². The number of carboxylic acids is 1. The largest absolute Gasteiger partial charge is 0.476 e. The Morgan fingerprint density at radius 1 is 1.47 bits per heavy atom. The van der Waals surface area contributed by atoms with Crippen LogP contribution in [0, 0.1) is 0 Å². The van der Waals surface area contributed by atoms with Gasteiger partial charge in [0.15, 0.2) is 10.7 Å². The van der Waals surface area contributed by atoms with Gasteiger partial charge in [-0.05, 0) is 0 Å². The van der Waals surface area contributed by atoms with Crippen LogP contribution < -0.4 is 10.6 Å². The predicted octanol–water partition coefficient (Wildman–Crippen LogP) is -0.293. The molecule has 0 radical (unpaired) electrons. The Bertz CT molecular complexity index is 443. The third-order valence-electron chi connectivity index (χ3n) is 1.83. The minimum atomic E-state index is -1.18. The second kappa shape index (κ2) is 5.94. The van der Waals surface area contributed by atoms with E-state index in [1.165, 1.54) is 12.4 Å². The Hall–Kier alpha value is -1.96. The molecule has 92 valence electrons. The van der Waals surface area contributed by atoms with E-state index in [4.69, 9.17) is 5.11 Å². The molecule has 1 rings (SSSR count). The van der Waals surface area contributed by atoms with Crippen LogP contribution >= 0.6 is 11.3 Å². The monoisotopic (exact) mass is 257 g/mol. The highest BCUT2D eigenvalue weighted by Gasteiger charge is 2.14. The summed E-state index contributed by atoms with van der Waals surface area (Å²) in [4.78, 5) is 36.5. The standard InChI is InChI=1S/C9H11N3O4S/c1-10-6(13)2-3-11-7(14)8-12-5(4-17-8)9(15)16/h4H,2-3H2,1H3,(H,10,13)(H,11,14)(H,15,16). The molecule has 2 amide bonds. The lowest BCUT2D eigenvalue weighted by molar-refractivity contribution is -0.120. The number of nitrogens with one attached hydrogen (secondary N) is 2. The topological polar surface area (TPSA) is 108 Å². The van der Waals surface area contributed by atoms with Crippen LogP contribution in [0.1, 0.15) is 26.7 Å². The highest BCUT2D eigenvalue weighted by atomic mass is 32.1. The first-order valence-corrected chi connectivity index (χ1v) is 5.60. The summed E-state index contributed by atoms with van der Waals surface area (Å²) in [6.07, 6.45) is 0.166. The molecule has 0 aliphatic heterocycles. The number of nitrogens with zero attached hydrogens (tertiary/aromatic N) is 1. The Labute approximate surface area is 101 Å². The normalized spacial score (nSPS) is 9.71. The van der Waals surface area contributed by atoms with Crippen LogP contribution in [0.3, 0.4) is 0 Å². The SMILES string of the molecule is CNC(=O)CCNC(=O)c1nc(C(=O)O)cs1. The van der Waals surface area contributed by atoms with Crippen molar-refractivity contribution < 1.29 is 19.5 Å². The number of hydrogen-bond donors (Lipinski definition) is 3. The molecule has 0 aromatic carbocycles. The van der Waals surface area contributed by atoms with Gasteiger partial charge in [-0.1, -0.05) is 0 Å². The first kappa shape index (κ1) is 13.1. The fraction of sp³-hybridized carbons (Fsp3) is 0.333. The van der Waals surface area contributed by atoms with Gasteiger partial charge in [0.25, 0.3) is 5.91 Å². The molecule has 1 heterocycles. The molecule has 17 heavy (non-hydrogen) atoms. The number of aromatic nitrogens is 1. The second-order valence-corrected chi connectivity index (χ2v) is 3.88. The quantitative estimate of drug-likeness (QED) is 0.671. The molecule has 0 fully saturated rings. The Kier molecular flexibility index (Phi) is 4.58. The molecule has 0 spiro atoms. The zero-order valence-electron chi connectivity index (χ0n) is 9.02. The minimum Gasteiger partial charge on any atom is -0.476 e. The van der Waals surface area contributed by atoms with E-state index < -0.39 is 11.9 Å². The molecule has 3 N–H and O–H groups in total. The van der Waals surface area contributed by atoms with Crippen LogP contribution in [0.25, 0.3) is 0 Å². The third-order valence-corrected chi connectivity index (χ3v) is 2.68. The first-order valence-electron chi connectivity index (χ1n) is 4.72. The lowest BCUT2D eigenvalue weighted by Crippen LogP contribution is -2.29. The number of carbonyl (C=O) groups is 3. The zero-order chi connectivity index (χ0) is 12.8. The summed E-state index contributed by atoms with van der Waals surface area (Å²) in [6, 6.07) is 0. The average Bonchev–Trinajstić information content (AvgIpc) is 2.78. The molecule has 1 aromatic rings. The Morgan fingerprint density at radius 2 is 2.18 bits per heavy atom. The number of thiazole rings is 1. The predicted molar refractivity (Wildman–Crippen MR) is 60.1 cm³/mol. The number of aromatic carboxylic acids is 1. The maximum Gasteiger partial charge on any atom is 0.355 e. The van der Waals surface area contributed by atoms with Crippen LogP contribution in [0.5, 0.6) is 0 Å². The molecule has 0 unspecified atom stereocenters. The molecule has 0 aliphatic carbocycles. The number of carbonyl (C=O) groups excluding carboxylic acids is 2. The molecule has 8 heteroatoms. The molecular formula is C9H11N3O4S. The Morgan fingerprint density at radius 3 is 2.71 bits per heavy atom. The van der Waals surface area contributed by atoms with Gasteiger partial charge in [0.2, 0.25) is 5.91 Å². The van der Waals surface area contributed by atoms with Crippen LogP contribution in [0.15, 0.2) is 5.38 Å². The number of hydrogen-bond acceptors (Lipinski definition) is 5. The summed E-state index contributed by atoms with van der Waals surface area (Å²) in [5.41, 5.74) is -0.161. The Balaban J connectivity index is 2.47. The summed E-state index contributed by atoms with van der Waals surface area (Å²) in [6.45, 7) is 0.181. The van der Waals surface area contributed by atoms with Crippen LogP contribution in [-0.2, 0) is 4.79 Å². The summed E-state index contributed by atoms with van der Waals surface area (Å²) in [5.74, 6) is -1.84. The van der Waals surface area contributed by atoms with Gasteiger partial charge in [-0.25, -0.2) is 9.78 Å². The van der Waals surface area contributed by atoms with E-state index in [0.717, 1.165) is 11.3 Å². The fourth-order valence-electron chi connectivity index (χ4n) is 0.966. The van der Waals surface area contributed by atoms with Gasteiger partial charge in [0.1, 0.15) is 0 Å². The van der Waals surface area contributed by atoms with Gasteiger partial charge in [0, 0.05) is 25.4 Å². The van der Waals surface area contributed by atoms with Crippen molar-refractivity contribution in [2.45, 2.75) is 6.42 Å². The van der Waals surface area contributed by atoms with Gasteiger partial charge >= 0.3 is 5.97 Å². The van der Waals surface area contributed by atoms with E-state index >= 15 is 0 Å². The molecule has 1 aromatic heterocycles. The first-order chi connectivity index (χ1) is 8.04. The van der Waals surface area contributed by atoms with Gasteiger partial charge in [-0.3, -0.25) is 9.59 Å². The molecule has 0 aliphatic rings. The number of carboxylic acid groups (broad SMARTS) is 1. The number of rotatable bonds is 5. The van der Waals surface area contributed by atoms with Gasteiger partial charge < -0.3 is 15.7 Å². The maximum atomic E-state index is 11.5. The summed E-state index contributed by atoms with van der Waals surface area (Å²) in [7, 11) is 1.50. The van der Waals surface area contributed by atoms with E-state index in [1.54, 1.807) is 0 Å². The van der Waals surface area contributed by atoms with Crippen molar-refractivity contribution in [2.75, 3.05) is 13.6 Å². The van der Waals surface area contributed by atoms with Crippen LogP contribution in [-0.4, -0.2) is 41.5 Å². The lowest BCUT2D eigenvalue weighted by atomic mass is 10.4. The van der Waals surface area contributed by atoms with E-state index in [0.29, 0.717) is 0 Å². The molecule has 0 saturated heterocycles. The van der Waals surface area contributed by atoms with Crippen molar-refractivity contribution in [3.8, 4) is 0 Å². The summed E-state index contributed by atoms with van der Waals surface area (Å²) in [5, 5.41) is 14.9. The van der Waals surface area contributed by atoms with E-state index in [9.17, 15) is 14.4 Å². The van der Waals surface area contributed by atoms with Crippen molar-refractivity contribution >= 4 is 29.1 Å². The van der Waals surface area contributed by atoms with Crippen LogP contribution in [0.2, 0.25) is 0 Å². The fourth-order valence-corrected chi connectivity index (χ4v) is 1.67.